The molecule has 6 heteroatoms. The Hall–Kier alpha value is -2.57. The smallest absolute Gasteiger partial charge is 0.271 e. The standard InChI is InChI=1S/C19H19NO5/c1-22-14-9-7-13(8-10-14)20-16(19-23-11-12-24-19)17(18(20)21)25-15-5-3-2-4-6-15/h2-10,16-17,19H,11-12H2,1H3/t16-,17-/m0/s1. The average molecular weight is 341 g/mol. The number of nitrogens with zero attached hydrogens (tertiary/aromatic N) is 1. The minimum absolute atomic E-state index is 0.113. The van der Waals surface area contributed by atoms with E-state index in [4.69, 9.17) is 18.9 Å². The largest absolute Gasteiger partial charge is 0.497 e. The maximum absolute atomic E-state index is 12.7. The van der Waals surface area contributed by atoms with Crippen molar-refractivity contribution >= 4 is 11.6 Å². The highest BCUT2D eigenvalue weighted by atomic mass is 16.7. The van der Waals surface area contributed by atoms with Gasteiger partial charge in [0.15, 0.2) is 6.29 Å². The van der Waals surface area contributed by atoms with Crippen LogP contribution in [0.25, 0.3) is 0 Å². The molecule has 0 saturated carbocycles. The van der Waals surface area contributed by atoms with Crippen molar-refractivity contribution in [2.75, 3.05) is 25.2 Å². The molecule has 130 valence electrons. The van der Waals surface area contributed by atoms with Crippen molar-refractivity contribution in [1.82, 2.24) is 0 Å². The molecule has 2 aromatic carbocycles. The Labute approximate surface area is 145 Å². The van der Waals surface area contributed by atoms with Crippen molar-refractivity contribution in [3.63, 3.8) is 0 Å². The Kier molecular flexibility index (Phi) is 4.29. The third kappa shape index (κ3) is 2.94. The summed E-state index contributed by atoms with van der Waals surface area (Å²) in [4.78, 5) is 14.4. The van der Waals surface area contributed by atoms with Crippen LogP contribution in [0.4, 0.5) is 5.69 Å². The Morgan fingerprint density at radius 2 is 1.64 bits per heavy atom. The predicted molar refractivity (Wildman–Crippen MR) is 90.8 cm³/mol. The van der Waals surface area contributed by atoms with Crippen molar-refractivity contribution in [1.29, 1.82) is 0 Å². The molecule has 0 spiro atoms. The summed E-state index contributed by atoms with van der Waals surface area (Å²) >= 11 is 0. The average Bonchev–Trinajstić information content (AvgIpc) is 3.19. The van der Waals surface area contributed by atoms with E-state index in [9.17, 15) is 4.79 Å². The number of carbonyl (C=O) groups is 1. The van der Waals surface area contributed by atoms with Crippen molar-refractivity contribution in [2.45, 2.75) is 18.4 Å². The van der Waals surface area contributed by atoms with Gasteiger partial charge in [0.05, 0.1) is 20.3 Å². The molecule has 0 N–H and O–H groups in total. The van der Waals surface area contributed by atoms with E-state index in [0.717, 1.165) is 11.4 Å². The highest BCUT2D eigenvalue weighted by Gasteiger charge is 2.55. The zero-order valence-corrected chi connectivity index (χ0v) is 13.8. The summed E-state index contributed by atoms with van der Waals surface area (Å²) in [7, 11) is 1.61. The van der Waals surface area contributed by atoms with Gasteiger partial charge in [-0.1, -0.05) is 18.2 Å². The Balaban J connectivity index is 1.59. The molecule has 2 aliphatic rings. The number of hydrogen-bond acceptors (Lipinski definition) is 5. The number of rotatable bonds is 5. The maximum Gasteiger partial charge on any atom is 0.271 e. The summed E-state index contributed by atoms with van der Waals surface area (Å²) in [5, 5.41) is 0. The molecule has 0 aliphatic carbocycles. The van der Waals surface area contributed by atoms with Crippen LogP contribution in [0.1, 0.15) is 0 Å². The maximum atomic E-state index is 12.7. The molecular weight excluding hydrogens is 322 g/mol. The summed E-state index contributed by atoms with van der Waals surface area (Å²) < 4.78 is 22.4. The first kappa shape index (κ1) is 15.9. The lowest BCUT2D eigenvalue weighted by molar-refractivity contribution is -0.151. The minimum atomic E-state index is -0.632. The fourth-order valence-corrected chi connectivity index (χ4v) is 3.13. The molecule has 2 aromatic rings. The van der Waals surface area contributed by atoms with Crippen LogP contribution in [0.15, 0.2) is 54.6 Å². The molecule has 0 bridgehead atoms. The number of para-hydroxylation sites is 1. The van der Waals surface area contributed by atoms with E-state index in [1.54, 1.807) is 12.0 Å². The third-order valence-electron chi connectivity index (χ3n) is 4.37. The first-order valence-electron chi connectivity index (χ1n) is 8.20. The second kappa shape index (κ2) is 6.74. The van der Waals surface area contributed by atoms with E-state index in [1.807, 2.05) is 54.6 Å². The normalized spacial score (nSPS) is 23.4. The zero-order chi connectivity index (χ0) is 17.2. The van der Waals surface area contributed by atoms with E-state index in [1.165, 1.54) is 0 Å². The van der Waals surface area contributed by atoms with Gasteiger partial charge in [0, 0.05) is 5.69 Å². The SMILES string of the molecule is COc1ccc(N2C(=O)[C@@H](Oc3ccccc3)[C@H]2C2OCCO2)cc1. The molecule has 0 unspecified atom stereocenters. The second-order valence-corrected chi connectivity index (χ2v) is 5.86. The van der Waals surface area contributed by atoms with E-state index in [2.05, 4.69) is 0 Å². The van der Waals surface area contributed by atoms with E-state index in [0.29, 0.717) is 19.0 Å². The second-order valence-electron chi connectivity index (χ2n) is 5.86. The number of methoxy groups -OCH3 is 1. The lowest BCUT2D eigenvalue weighted by Crippen LogP contribution is -2.71. The molecular formula is C19H19NO5. The van der Waals surface area contributed by atoms with Gasteiger partial charge < -0.3 is 18.9 Å². The topological polar surface area (TPSA) is 57.2 Å². The van der Waals surface area contributed by atoms with Gasteiger partial charge in [-0.2, -0.15) is 0 Å². The summed E-state index contributed by atoms with van der Waals surface area (Å²) in [6.45, 7) is 1.04. The van der Waals surface area contributed by atoms with Crippen LogP contribution < -0.4 is 14.4 Å². The van der Waals surface area contributed by atoms with Crippen molar-refractivity contribution in [3.05, 3.63) is 54.6 Å². The summed E-state index contributed by atoms with van der Waals surface area (Å²) in [6, 6.07) is 16.3. The molecule has 2 saturated heterocycles. The molecule has 1 amide bonds. The fraction of sp³-hybridized carbons (Fsp3) is 0.316. The Morgan fingerprint density at radius 1 is 0.960 bits per heavy atom. The molecule has 6 nitrogen and oxygen atoms in total. The lowest BCUT2D eigenvalue weighted by Gasteiger charge is -2.47. The van der Waals surface area contributed by atoms with Gasteiger partial charge in [-0.3, -0.25) is 9.69 Å². The van der Waals surface area contributed by atoms with Crippen molar-refractivity contribution < 1.29 is 23.7 Å². The summed E-state index contributed by atoms with van der Waals surface area (Å²) in [6.07, 6.45) is -1.12. The molecule has 2 atom stereocenters. The van der Waals surface area contributed by atoms with E-state index in [-0.39, 0.29) is 11.9 Å². The van der Waals surface area contributed by atoms with Gasteiger partial charge in [-0.15, -0.1) is 0 Å². The molecule has 2 heterocycles. The van der Waals surface area contributed by atoms with Gasteiger partial charge in [0.25, 0.3) is 5.91 Å². The van der Waals surface area contributed by atoms with Gasteiger partial charge in [0.2, 0.25) is 6.10 Å². The zero-order valence-electron chi connectivity index (χ0n) is 13.8. The van der Waals surface area contributed by atoms with Crippen molar-refractivity contribution in [2.24, 2.45) is 0 Å². The van der Waals surface area contributed by atoms with Gasteiger partial charge in [-0.25, -0.2) is 0 Å². The molecule has 25 heavy (non-hydrogen) atoms. The Morgan fingerprint density at radius 3 is 2.28 bits per heavy atom. The first-order valence-corrected chi connectivity index (χ1v) is 8.20. The number of benzene rings is 2. The van der Waals surface area contributed by atoms with Crippen LogP contribution >= 0.6 is 0 Å². The fourth-order valence-electron chi connectivity index (χ4n) is 3.13. The molecule has 2 fully saturated rings. The van der Waals surface area contributed by atoms with Crippen molar-refractivity contribution in [3.8, 4) is 11.5 Å². The first-order chi connectivity index (χ1) is 12.3. The number of anilines is 1. The highest BCUT2D eigenvalue weighted by molar-refractivity contribution is 6.05. The number of hydrogen-bond donors (Lipinski definition) is 0. The van der Waals surface area contributed by atoms with E-state index >= 15 is 0 Å². The molecule has 2 aliphatic heterocycles. The van der Waals surface area contributed by atoms with Crippen LogP contribution in [-0.4, -0.2) is 44.7 Å². The minimum Gasteiger partial charge on any atom is -0.497 e. The predicted octanol–water partition coefficient (Wildman–Crippen LogP) is 2.23. The number of β-lactam (4-membered cyclic amide) rings is 1. The summed E-state index contributed by atoms with van der Waals surface area (Å²) in [5.41, 5.74) is 0.766. The molecule has 0 aromatic heterocycles. The highest BCUT2D eigenvalue weighted by Crippen LogP contribution is 2.36. The van der Waals surface area contributed by atoms with Gasteiger partial charge in [0.1, 0.15) is 17.5 Å². The Bertz CT molecular complexity index is 727. The number of carbonyl (C=O) groups excluding carboxylic acids is 1. The van der Waals surface area contributed by atoms with Crippen LogP contribution in [-0.2, 0) is 14.3 Å². The van der Waals surface area contributed by atoms with Gasteiger partial charge >= 0.3 is 0 Å². The lowest BCUT2D eigenvalue weighted by atomic mass is 9.95. The number of ether oxygens (including phenoxy) is 4. The number of amides is 1. The van der Waals surface area contributed by atoms with Gasteiger partial charge in [-0.05, 0) is 36.4 Å². The van der Waals surface area contributed by atoms with Crippen LogP contribution in [0, 0.1) is 0 Å². The molecule has 4 rings (SSSR count). The molecule has 0 radical (unpaired) electrons. The quantitative estimate of drug-likeness (QED) is 0.781. The van der Waals surface area contributed by atoms with Crippen LogP contribution in [0.5, 0.6) is 11.5 Å². The van der Waals surface area contributed by atoms with Crippen LogP contribution in [0.3, 0.4) is 0 Å². The van der Waals surface area contributed by atoms with Crippen LogP contribution in [0.2, 0.25) is 0 Å². The summed E-state index contributed by atoms with van der Waals surface area (Å²) in [5.74, 6) is 1.27. The van der Waals surface area contributed by atoms with E-state index < -0.39 is 12.4 Å². The third-order valence-corrected chi connectivity index (χ3v) is 4.37. The monoisotopic (exact) mass is 341 g/mol.